The van der Waals surface area contributed by atoms with E-state index in [1.54, 1.807) is 30.3 Å². The number of phenolic OH excluding ortho intramolecular Hbond substituents is 1. The molecular formula is C17H19NO4. The Kier molecular flexibility index (Phi) is 5.25. The lowest BCUT2D eigenvalue weighted by Crippen LogP contribution is -2.20. The standard InChI is InChI=1S/C17H19NO4/c1-18(13-7-9-14(19)10-8-13)11-4-12-22-16-6-3-2-5-15(16)17(20)21/h2-3,5-10,19H,4,11-12H2,1H3,(H,20,21). The van der Waals surface area contributed by atoms with Gasteiger partial charge in [-0.1, -0.05) is 12.1 Å². The van der Waals surface area contributed by atoms with Crippen molar-refractivity contribution >= 4 is 11.7 Å². The molecule has 116 valence electrons. The zero-order chi connectivity index (χ0) is 15.9. The molecule has 5 heteroatoms. The number of aromatic carboxylic acids is 1. The van der Waals surface area contributed by atoms with E-state index in [1.165, 1.54) is 6.07 Å². The SMILES string of the molecule is CN(CCCOc1ccccc1C(=O)O)c1ccc(O)cc1. The van der Waals surface area contributed by atoms with Gasteiger partial charge in [0.2, 0.25) is 0 Å². The second-order valence-corrected chi connectivity index (χ2v) is 4.94. The number of hydrogen-bond donors (Lipinski definition) is 2. The van der Waals surface area contributed by atoms with E-state index in [2.05, 4.69) is 0 Å². The van der Waals surface area contributed by atoms with Gasteiger partial charge in [0, 0.05) is 19.3 Å². The molecule has 0 heterocycles. The molecule has 0 spiro atoms. The molecule has 0 aliphatic heterocycles. The van der Waals surface area contributed by atoms with Gasteiger partial charge < -0.3 is 19.8 Å². The number of anilines is 1. The molecule has 0 aliphatic rings. The molecule has 0 fully saturated rings. The largest absolute Gasteiger partial charge is 0.508 e. The van der Waals surface area contributed by atoms with Crippen LogP contribution in [0.15, 0.2) is 48.5 Å². The van der Waals surface area contributed by atoms with Crippen molar-refractivity contribution in [1.29, 1.82) is 0 Å². The van der Waals surface area contributed by atoms with Crippen molar-refractivity contribution < 1.29 is 19.7 Å². The van der Waals surface area contributed by atoms with Crippen LogP contribution in [0.5, 0.6) is 11.5 Å². The number of para-hydroxylation sites is 1. The third kappa shape index (κ3) is 4.15. The zero-order valence-corrected chi connectivity index (χ0v) is 12.4. The molecule has 2 aromatic rings. The van der Waals surface area contributed by atoms with E-state index in [9.17, 15) is 9.90 Å². The van der Waals surface area contributed by atoms with Crippen LogP contribution in [0, 0.1) is 0 Å². The van der Waals surface area contributed by atoms with Crippen molar-refractivity contribution in [1.82, 2.24) is 0 Å². The highest BCUT2D eigenvalue weighted by molar-refractivity contribution is 5.90. The quantitative estimate of drug-likeness (QED) is 0.769. The number of rotatable bonds is 7. The van der Waals surface area contributed by atoms with Gasteiger partial charge in [-0.15, -0.1) is 0 Å². The number of carboxylic acid groups (broad SMARTS) is 1. The second kappa shape index (κ2) is 7.36. The van der Waals surface area contributed by atoms with Crippen molar-refractivity contribution in [3.63, 3.8) is 0 Å². The van der Waals surface area contributed by atoms with E-state index < -0.39 is 5.97 Å². The summed E-state index contributed by atoms with van der Waals surface area (Å²) in [6, 6.07) is 13.6. The van der Waals surface area contributed by atoms with Gasteiger partial charge in [0.1, 0.15) is 17.1 Å². The van der Waals surface area contributed by atoms with Gasteiger partial charge in [0.05, 0.1) is 6.61 Å². The molecule has 5 nitrogen and oxygen atoms in total. The summed E-state index contributed by atoms with van der Waals surface area (Å²) in [6.07, 6.45) is 0.755. The highest BCUT2D eigenvalue weighted by atomic mass is 16.5. The monoisotopic (exact) mass is 301 g/mol. The minimum absolute atomic E-state index is 0.175. The summed E-state index contributed by atoms with van der Waals surface area (Å²) in [4.78, 5) is 13.1. The maximum atomic E-state index is 11.1. The maximum absolute atomic E-state index is 11.1. The predicted octanol–water partition coefficient (Wildman–Crippen LogP) is 3.00. The summed E-state index contributed by atoms with van der Waals surface area (Å²) >= 11 is 0. The third-order valence-corrected chi connectivity index (χ3v) is 3.30. The van der Waals surface area contributed by atoms with Gasteiger partial charge in [0.15, 0.2) is 0 Å². The number of hydrogen-bond acceptors (Lipinski definition) is 4. The fourth-order valence-corrected chi connectivity index (χ4v) is 2.09. The van der Waals surface area contributed by atoms with Crippen LogP contribution in [-0.4, -0.2) is 36.4 Å². The average Bonchev–Trinajstić information content (AvgIpc) is 2.52. The van der Waals surface area contributed by atoms with Gasteiger partial charge in [-0.05, 0) is 42.8 Å². The van der Waals surface area contributed by atoms with E-state index in [0.29, 0.717) is 12.4 Å². The number of nitrogens with zero attached hydrogens (tertiary/aromatic N) is 1. The smallest absolute Gasteiger partial charge is 0.339 e. The lowest BCUT2D eigenvalue weighted by Gasteiger charge is -2.19. The molecule has 2 N–H and O–H groups in total. The van der Waals surface area contributed by atoms with Crippen LogP contribution in [-0.2, 0) is 0 Å². The molecule has 2 rings (SSSR count). The van der Waals surface area contributed by atoms with Crippen molar-refractivity contribution in [3.8, 4) is 11.5 Å². The number of ether oxygens (including phenoxy) is 1. The molecule has 0 bridgehead atoms. The van der Waals surface area contributed by atoms with Crippen LogP contribution in [0.4, 0.5) is 5.69 Å². The van der Waals surface area contributed by atoms with Crippen molar-refractivity contribution in [2.75, 3.05) is 25.1 Å². The van der Waals surface area contributed by atoms with E-state index in [4.69, 9.17) is 9.84 Å². The topological polar surface area (TPSA) is 70.0 Å². The second-order valence-electron chi connectivity index (χ2n) is 4.94. The lowest BCUT2D eigenvalue weighted by atomic mass is 10.2. The van der Waals surface area contributed by atoms with Crippen molar-refractivity contribution in [2.24, 2.45) is 0 Å². The Morgan fingerprint density at radius 2 is 1.82 bits per heavy atom. The summed E-state index contributed by atoms with van der Waals surface area (Å²) in [5, 5.41) is 18.3. The van der Waals surface area contributed by atoms with Crippen molar-refractivity contribution in [2.45, 2.75) is 6.42 Å². The molecule has 0 saturated heterocycles. The lowest BCUT2D eigenvalue weighted by molar-refractivity contribution is 0.0692. The van der Waals surface area contributed by atoms with Crippen LogP contribution in [0.25, 0.3) is 0 Å². The van der Waals surface area contributed by atoms with E-state index in [0.717, 1.165) is 18.7 Å². The first-order valence-electron chi connectivity index (χ1n) is 7.03. The molecule has 0 radical (unpaired) electrons. The summed E-state index contributed by atoms with van der Waals surface area (Å²) in [7, 11) is 1.96. The van der Waals surface area contributed by atoms with Crippen LogP contribution >= 0.6 is 0 Å². The molecule has 0 atom stereocenters. The summed E-state index contributed by atoms with van der Waals surface area (Å²) in [6.45, 7) is 1.20. The van der Waals surface area contributed by atoms with Crippen LogP contribution in [0.1, 0.15) is 16.8 Å². The Morgan fingerprint density at radius 1 is 1.14 bits per heavy atom. The molecule has 0 amide bonds. The molecule has 0 aromatic heterocycles. The first-order chi connectivity index (χ1) is 10.6. The van der Waals surface area contributed by atoms with Gasteiger partial charge in [-0.2, -0.15) is 0 Å². The molecule has 0 unspecified atom stereocenters. The molecule has 22 heavy (non-hydrogen) atoms. The van der Waals surface area contributed by atoms with Crippen LogP contribution < -0.4 is 9.64 Å². The number of aromatic hydroxyl groups is 1. The minimum atomic E-state index is -0.989. The van der Waals surface area contributed by atoms with Crippen LogP contribution in [0.3, 0.4) is 0 Å². The van der Waals surface area contributed by atoms with Gasteiger partial charge >= 0.3 is 5.97 Å². The number of carbonyl (C=O) groups is 1. The normalized spacial score (nSPS) is 10.2. The summed E-state index contributed by atoms with van der Waals surface area (Å²) in [5.41, 5.74) is 1.18. The Labute approximate surface area is 129 Å². The van der Waals surface area contributed by atoms with Crippen LogP contribution in [0.2, 0.25) is 0 Å². The Bertz CT molecular complexity index is 625. The van der Waals surface area contributed by atoms with Gasteiger partial charge in [-0.25, -0.2) is 4.79 Å². The van der Waals surface area contributed by atoms with E-state index in [1.807, 2.05) is 24.1 Å². The molecule has 0 aliphatic carbocycles. The molecule has 2 aromatic carbocycles. The van der Waals surface area contributed by atoms with Crippen molar-refractivity contribution in [3.05, 3.63) is 54.1 Å². The predicted molar refractivity (Wildman–Crippen MR) is 84.9 cm³/mol. The fraction of sp³-hybridized carbons (Fsp3) is 0.235. The first kappa shape index (κ1) is 15.7. The maximum Gasteiger partial charge on any atom is 0.339 e. The Balaban J connectivity index is 1.82. The molecule has 0 saturated carbocycles. The van der Waals surface area contributed by atoms with Gasteiger partial charge in [0.25, 0.3) is 0 Å². The number of phenols is 1. The first-order valence-corrected chi connectivity index (χ1v) is 7.03. The number of carboxylic acids is 1. The third-order valence-electron chi connectivity index (χ3n) is 3.30. The minimum Gasteiger partial charge on any atom is -0.508 e. The van der Waals surface area contributed by atoms with Gasteiger partial charge in [-0.3, -0.25) is 0 Å². The Hall–Kier alpha value is -2.69. The number of benzene rings is 2. The Morgan fingerprint density at radius 3 is 2.50 bits per heavy atom. The van der Waals surface area contributed by atoms with E-state index >= 15 is 0 Å². The highest BCUT2D eigenvalue weighted by Crippen LogP contribution is 2.19. The zero-order valence-electron chi connectivity index (χ0n) is 12.4. The highest BCUT2D eigenvalue weighted by Gasteiger charge is 2.09. The fourth-order valence-electron chi connectivity index (χ4n) is 2.09. The molecular weight excluding hydrogens is 282 g/mol. The summed E-state index contributed by atoms with van der Waals surface area (Å²) < 4.78 is 5.56. The summed E-state index contributed by atoms with van der Waals surface area (Å²) in [5.74, 6) is -0.357. The van der Waals surface area contributed by atoms with E-state index in [-0.39, 0.29) is 11.3 Å². The average molecular weight is 301 g/mol.